The van der Waals surface area contributed by atoms with Crippen molar-refractivity contribution in [2.75, 3.05) is 19.7 Å². The van der Waals surface area contributed by atoms with Crippen molar-refractivity contribution in [2.24, 2.45) is 5.73 Å². The maximum atomic E-state index is 12.8. The van der Waals surface area contributed by atoms with Crippen LogP contribution in [0.15, 0.2) is 18.3 Å². The molecule has 5 heteroatoms. The van der Waals surface area contributed by atoms with Crippen LogP contribution in [0.3, 0.4) is 0 Å². The summed E-state index contributed by atoms with van der Waals surface area (Å²) in [4.78, 5) is 6.57. The van der Waals surface area contributed by atoms with E-state index in [0.717, 1.165) is 31.8 Å². The number of pyridine rings is 1. The Bertz CT molecular complexity index is 439. The number of nitrogens with two attached hydrogens (primary N) is 1. The van der Waals surface area contributed by atoms with E-state index in [0.29, 0.717) is 12.1 Å². The molecule has 2 aliphatic rings. The molecule has 3 unspecified atom stereocenters. The smallest absolute Gasteiger partial charge is 0.141 e. The molecule has 0 radical (unpaired) electrons. The van der Waals surface area contributed by atoms with E-state index < -0.39 is 0 Å². The Hall–Kier alpha value is -1.04. The van der Waals surface area contributed by atoms with Gasteiger partial charge in [-0.15, -0.1) is 0 Å². The van der Waals surface area contributed by atoms with Gasteiger partial charge in [0.05, 0.1) is 24.6 Å². The Morgan fingerprint density at radius 1 is 1.45 bits per heavy atom. The fraction of sp³-hybridized carbons (Fsp3) is 0.667. The van der Waals surface area contributed by atoms with Crippen molar-refractivity contribution in [2.45, 2.75) is 43.9 Å². The maximum absolute atomic E-state index is 12.8. The summed E-state index contributed by atoms with van der Waals surface area (Å²) in [6.45, 7) is 2.78. The van der Waals surface area contributed by atoms with Crippen LogP contribution in [0, 0.1) is 5.82 Å². The molecular formula is C15H22FN3O. The minimum atomic E-state index is -0.317. The summed E-state index contributed by atoms with van der Waals surface area (Å²) >= 11 is 0. The number of hydrogen-bond donors (Lipinski definition) is 1. The lowest BCUT2D eigenvalue weighted by Crippen LogP contribution is -2.49. The van der Waals surface area contributed by atoms with Crippen molar-refractivity contribution in [3.05, 3.63) is 29.8 Å². The van der Waals surface area contributed by atoms with E-state index in [-0.39, 0.29) is 11.9 Å². The van der Waals surface area contributed by atoms with Gasteiger partial charge in [0.15, 0.2) is 0 Å². The highest BCUT2D eigenvalue weighted by molar-refractivity contribution is 5.09. The van der Waals surface area contributed by atoms with Crippen molar-refractivity contribution >= 4 is 0 Å². The van der Waals surface area contributed by atoms with Gasteiger partial charge < -0.3 is 10.5 Å². The molecule has 3 atom stereocenters. The van der Waals surface area contributed by atoms with Gasteiger partial charge in [-0.3, -0.25) is 9.88 Å². The lowest BCUT2D eigenvalue weighted by Gasteiger charge is -2.38. The van der Waals surface area contributed by atoms with Gasteiger partial charge in [0.25, 0.3) is 0 Å². The number of morpholine rings is 1. The number of hydrogen-bond acceptors (Lipinski definition) is 4. The zero-order valence-electron chi connectivity index (χ0n) is 11.7. The molecule has 1 aromatic heterocycles. The molecule has 1 saturated heterocycles. The van der Waals surface area contributed by atoms with Crippen LogP contribution in [0.4, 0.5) is 4.39 Å². The second-order valence-corrected chi connectivity index (χ2v) is 5.74. The lowest BCUT2D eigenvalue weighted by molar-refractivity contribution is -0.0561. The largest absolute Gasteiger partial charge is 0.375 e. The van der Waals surface area contributed by atoms with Crippen LogP contribution < -0.4 is 5.73 Å². The van der Waals surface area contributed by atoms with Crippen molar-refractivity contribution in [1.82, 2.24) is 9.88 Å². The SMILES string of the molecule is NC(CCN1CCOC2CCCC21)c1ccc(F)cn1. The number of halogens is 1. The molecule has 1 aliphatic carbocycles. The van der Waals surface area contributed by atoms with Gasteiger partial charge in [-0.1, -0.05) is 0 Å². The van der Waals surface area contributed by atoms with E-state index >= 15 is 0 Å². The van der Waals surface area contributed by atoms with Crippen LogP contribution in [0.25, 0.3) is 0 Å². The first-order valence-corrected chi connectivity index (χ1v) is 7.47. The Kier molecular flexibility index (Phi) is 4.29. The monoisotopic (exact) mass is 279 g/mol. The van der Waals surface area contributed by atoms with Crippen molar-refractivity contribution < 1.29 is 9.13 Å². The molecule has 0 spiro atoms. The van der Waals surface area contributed by atoms with E-state index in [4.69, 9.17) is 10.5 Å². The minimum absolute atomic E-state index is 0.127. The van der Waals surface area contributed by atoms with Crippen molar-refractivity contribution in [1.29, 1.82) is 0 Å². The lowest BCUT2D eigenvalue weighted by atomic mass is 10.1. The zero-order valence-corrected chi connectivity index (χ0v) is 11.7. The molecule has 3 rings (SSSR count). The topological polar surface area (TPSA) is 51.4 Å². The Morgan fingerprint density at radius 2 is 2.35 bits per heavy atom. The number of ether oxygens (including phenoxy) is 1. The summed E-state index contributed by atoms with van der Waals surface area (Å²) in [6, 6.07) is 3.54. The molecule has 0 amide bonds. The molecule has 20 heavy (non-hydrogen) atoms. The van der Waals surface area contributed by atoms with Crippen molar-refractivity contribution in [3.8, 4) is 0 Å². The van der Waals surface area contributed by atoms with E-state index in [1.54, 1.807) is 6.07 Å². The summed E-state index contributed by atoms with van der Waals surface area (Å²) in [5, 5.41) is 0. The predicted octanol–water partition coefficient (Wildman–Crippen LogP) is 1.86. The first kappa shape index (κ1) is 13.9. The average molecular weight is 279 g/mol. The predicted molar refractivity (Wildman–Crippen MR) is 74.7 cm³/mol. The van der Waals surface area contributed by atoms with Gasteiger partial charge in [0.2, 0.25) is 0 Å². The van der Waals surface area contributed by atoms with Gasteiger partial charge in [-0.2, -0.15) is 0 Å². The van der Waals surface area contributed by atoms with E-state index in [1.807, 2.05) is 0 Å². The Morgan fingerprint density at radius 3 is 3.15 bits per heavy atom. The molecule has 2 heterocycles. The molecule has 1 aromatic rings. The Balaban J connectivity index is 1.54. The molecule has 4 nitrogen and oxygen atoms in total. The van der Waals surface area contributed by atoms with E-state index in [9.17, 15) is 4.39 Å². The van der Waals surface area contributed by atoms with Crippen LogP contribution >= 0.6 is 0 Å². The summed E-state index contributed by atoms with van der Waals surface area (Å²) in [7, 11) is 0. The van der Waals surface area contributed by atoms with Crippen molar-refractivity contribution in [3.63, 3.8) is 0 Å². The molecule has 0 aromatic carbocycles. The summed E-state index contributed by atoms with van der Waals surface area (Å²) in [5.41, 5.74) is 6.92. The third-order valence-electron chi connectivity index (χ3n) is 4.45. The quantitative estimate of drug-likeness (QED) is 0.914. The second kappa shape index (κ2) is 6.16. The van der Waals surface area contributed by atoms with Gasteiger partial charge in [-0.05, 0) is 37.8 Å². The summed E-state index contributed by atoms with van der Waals surface area (Å²) in [6.07, 6.45) is 6.18. The highest BCUT2D eigenvalue weighted by Crippen LogP contribution is 2.30. The molecular weight excluding hydrogens is 257 g/mol. The molecule has 0 bridgehead atoms. The Labute approximate surface area is 119 Å². The van der Waals surface area contributed by atoms with Crippen LogP contribution in [0.5, 0.6) is 0 Å². The van der Waals surface area contributed by atoms with Crippen LogP contribution in [0.1, 0.15) is 37.4 Å². The molecule has 2 N–H and O–H groups in total. The summed E-state index contributed by atoms with van der Waals surface area (Å²) < 4.78 is 18.7. The maximum Gasteiger partial charge on any atom is 0.141 e. The normalized spacial score (nSPS) is 28.3. The van der Waals surface area contributed by atoms with E-state index in [1.165, 1.54) is 31.5 Å². The molecule has 1 saturated carbocycles. The third-order valence-corrected chi connectivity index (χ3v) is 4.45. The first-order chi connectivity index (χ1) is 9.74. The van der Waals surface area contributed by atoms with Gasteiger partial charge in [0, 0.05) is 25.2 Å². The third kappa shape index (κ3) is 3.00. The molecule has 2 fully saturated rings. The van der Waals surface area contributed by atoms with Crippen LogP contribution in [-0.4, -0.2) is 41.7 Å². The standard InChI is InChI=1S/C15H22FN3O/c16-11-4-5-13(18-10-11)12(17)6-7-19-8-9-20-15-3-1-2-14(15)19/h4-5,10,12,14-15H,1-3,6-9,17H2. The van der Waals surface area contributed by atoms with Crippen LogP contribution in [-0.2, 0) is 4.74 Å². The highest BCUT2D eigenvalue weighted by Gasteiger charge is 2.35. The number of rotatable bonds is 4. The van der Waals surface area contributed by atoms with Gasteiger partial charge in [-0.25, -0.2) is 4.39 Å². The second-order valence-electron chi connectivity index (χ2n) is 5.74. The number of aromatic nitrogens is 1. The molecule has 110 valence electrons. The average Bonchev–Trinajstić information content (AvgIpc) is 2.94. The van der Waals surface area contributed by atoms with Gasteiger partial charge >= 0.3 is 0 Å². The number of nitrogens with zero attached hydrogens (tertiary/aromatic N) is 2. The van der Waals surface area contributed by atoms with E-state index in [2.05, 4.69) is 9.88 Å². The van der Waals surface area contributed by atoms with Gasteiger partial charge in [0.1, 0.15) is 5.82 Å². The fourth-order valence-electron chi connectivity index (χ4n) is 3.34. The highest BCUT2D eigenvalue weighted by atomic mass is 19.1. The molecule has 1 aliphatic heterocycles. The van der Waals surface area contributed by atoms with Crippen LogP contribution in [0.2, 0.25) is 0 Å². The fourth-order valence-corrected chi connectivity index (χ4v) is 3.34. The summed E-state index contributed by atoms with van der Waals surface area (Å²) in [5.74, 6) is -0.317. The minimum Gasteiger partial charge on any atom is -0.375 e. The zero-order chi connectivity index (χ0) is 13.9. The number of fused-ring (bicyclic) bond motifs is 1. The first-order valence-electron chi connectivity index (χ1n) is 7.47.